The second-order valence-corrected chi connectivity index (χ2v) is 8.82. The van der Waals surface area contributed by atoms with Gasteiger partial charge in [-0.05, 0) is 36.3 Å². The molecule has 0 aromatic heterocycles. The lowest BCUT2D eigenvalue weighted by molar-refractivity contribution is -0.156. The number of hydrogen-bond acceptors (Lipinski definition) is 6. The minimum Gasteiger partial charge on any atom is -0.465 e. The van der Waals surface area contributed by atoms with Gasteiger partial charge in [-0.25, -0.2) is 0 Å². The van der Waals surface area contributed by atoms with Gasteiger partial charge in [-0.3, -0.25) is 9.59 Å². The molecule has 1 aliphatic heterocycles. The Morgan fingerprint density at radius 3 is 2.43 bits per heavy atom. The quantitative estimate of drug-likeness (QED) is 0.647. The van der Waals surface area contributed by atoms with Crippen molar-refractivity contribution in [2.75, 3.05) is 33.2 Å². The molecule has 1 N–H and O–H groups in total. The number of hydrogen-bond donors (Lipinski definition) is 1. The van der Waals surface area contributed by atoms with Crippen molar-refractivity contribution in [2.24, 2.45) is 5.92 Å². The third kappa shape index (κ3) is 4.50. The first-order valence-corrected chi connectivity index (χ1v) is 11.5. The van der Waals surface area contributed by atoms with Crippen LogP contribution in [0.5, 0.6) is 5.75 Å². The number of thioether (sulfide) groups is 2. The van der Waals surface area contributed by atoms with Crippen molar-refractivity contribution in [3.8, 4) is 5.75 Å². The van der Waals surface area contributed by atoms with Gasteiger partial charge in [-0.1, -0.05) is 19.1 Å². The number of ether oxygens (including phenoxy) is 1. The summed E-state index contributed by atoms with van der Waals surface area (Å²) in [6, 6.07) is 7.48. The molecule has 0 saturated carbocycles. The predicted octanol–water partition coefficient (Wildman–Crippen LogP) is 2.43. The van der Waals surface area contributed by atoms with Crippen LogP contribution < -0.4 is 4.74 Å². The van der Waals surface area contributed by atoms with Crippen molar-refractivity contribution in [1.82, 2.24) is 9.80 Å². The van der Waals surface area contributed by atoms with Crippen LogP contribution in [0.4, 0.5) is 0 Å². The van der Waals surface area contributed by atoms with Crippen LogP contribution in [-0.2, 0) is 16.0 Å². The molecule has 1 aliphatic rings. The number of piperazine rings is 1. The molecule has 1 fully saturated rings. The maximum absolute atomic E-state index is 13.2. The fraction of sp³-hybridized carbons (Fsp3) is 0.500. The van der Waals surface area contributed by atoms with E-state index in [1.807, 2.05) is 43.7 Å². The minimum atomic E-state index is -0.961. The Balaban J connectivity index is 2.18. The number of rotatable bonds is 8. The zero-order valence-corrected chi connectivity index (χ0v) is 18.5. The summed E-state index contributed by atoms with van der Waals surface area (Å²) in [5.41, 5.74) is 0.943. The smallest absolute Gasteiger partial charge is 0.260 e. The van der Waals surface area contributed by atoms with Crippen LogP contribution in [0.15, 0.2) is 36.6 Å². The van der Waals surface area contributed by atoms with Crippen LogP contribution in [0, 0.1) is 5.92 Å². The normalized spacial score (nSPS) is 24.1. The first-order valence-electron chi connectivity index (χ1n) is 8.96. The molecule has 1 aromatic carbocycles. The highest BCUT2D eigenvalue weighted by Gasteiger charge is 2.53. The number of nitrogens with zero attached hydrogens (tertiary/aromatic N) is 2. The Labute approximate surface area is 175 Å². The minimum absolute atomic E-state index is 0.0354. The van der Waals surface area contributed by atoms with Gasteiger partial charge in [0.2, 0.25) is 0 Å². The van der Waals surface area contributed by atoms with Crippen molar-refractivity contribution in [2.45, 2.75) is 23.6 Å². The summed E-state index contributed by atoms with van der Waals surface area (Å²) in [7, 11) is 3.40. The second-order valence-electron chi connectivity index (χ2n) is 6.82. The van der Waals surface area contributed by atoms with Gasteiger partial charge in [0.15, 0.2) is 10.2 Å². The largest absolute Gasteiger partial charge is 0.465 e. The molecular weight excluding hydrogens is 396 g/mol. The van der Waals surface area contributed by atoms with Gasteiger partial charge in [0.1, 0.15) is 5.75 Å². The van der Waals surface area contributed by atoms with Crippen LogP contribution in [0.1, 0.15) is 12.5 Å². The van der Waals surface area contributed by atoms with E-state index in [1.165, 1.54) is 23.5 Å². The zero-order valence-electron chi connectivity index (χ0n) is 16.9. The van der Waals surface area contributed by atoms with Crippen LogP contribution in [0.3, 0.4) is 0 Å². The Morgan fingerprint density at radius 2 is 1.89 bits per heavy atom. The van der Waals surface area contributed by atoms with Crippen LogP contribution in [0.2, 0.25) is 0 Å². The third-order valence-electron chi connectivity index (χ3n) is 4.92. The van der Waals surface area contributed by atoms with Gasteiger partial charge < -0.3 is 19.6 Å². The van der Waals surface area contributed by atoms with E-state index in [2.05, 4.69) is 0 Å². The predicted molar refractivity (Wildman–Crippen MR) is 115 cm³/mol. The Morgan fingerprint density at radius 1 is 1.25 bits per heavy atom. The summed E-state index contributed by atoms with van der Waals surface area (Å²) < 4.78 is 5.54. The molecular formula is C20H28N2O4S2. The van der Waals surface area contributed by atoms with Gasteiger partial charge in [0.05, 0.1) is 6.26 Å². The number of amides is 2. The summed E-state index contributed by atoms with van der Waals surface area (Å²) in [4.78, 5) is 28.1. The molecule has 6 nitrogen and oxygen atoms in total. The highest BCUT2D eigenvalue weighted by Crippen LogP contribution is 2.39. The Hall–Kier alpha value is -1.64. The molecule has 0 radical (unpaired) electrons. The van der Waals surface area contributed by atoms with E-state index in [4.69, 9.17) is 9.84 Å². The lowest BCUT2D eigenvalue weighted by Gasteiger charge is -2.48. The van der Waals surface area contributed by atoms with Crippen molar-refractivity contribution in [3.05, 3.63) is 42.2 Å². The second kappa shape index (κ2) is 9.71. The third-order valence-corrected chi connectivity index (χ3v) is 7.15. The Bertz CT molecular complexity index is 725. The topological polar surface area (TPSA) is 70.1 Å². The maximum Gasteiger partial charge on any atom is 0.260 e. The molecule has 2 amide bonds. The Kier molecular flexibility index (Phi) is 7.86. The van der Waals surface area contributed by atoms with Crippen LogP contribution in [0.25, 0.3) is 0 Å². The average Bonchev–Trinajstić information content (AvgIpc) is 2.71. The van der Waals surface area contributed by atoms with E-state index in [1.54, 1.807) is 36.2 Å². The van der Waals surface area contributed by atoms with Crippen LogP contribution in [-0.4, -0.2) is 70.2 Å². The van der Waals surface area contributed by atoms with Gasteiger partial charge in [-0.2, -0.15) is 0 Å². The van der Waals surface area contributed by atoms with Gasteiger partial charge in [-0.15, -0.1) is 23.5 Å². The zero-order chi connectivity index (χ0) is 20.9. The summed E-state index contributed by atoms with van der Waals surface area (Å²) in [5, 5.41) is 8.53. The van der Waals surface area contributed by atoms with Crippen molar-refractivity contribution in [1.29, 1.82) is 0 Å². The molecule has 0 bridgehead atoms. The molecule has 1 aromatic rings. The fourth-order valence-electron chi connectivity index (χ4n) is 3.06. The van der Waals surface area contributed by atoms with Gasteiger partial charge >= 0.3 is 0 Å². The molecule has 1 heterocycles. The summed E-state index contributed by atoms with van der Waals surface area (Å²) in [5.74, 6) is 0.574. The highest BCUT2D eigenvalue weighted by atomic mass is 32.2. The maximum atomic E-state index is 13.2. The molecule has 28 heavy (non-hydrogen) atoms. The standard InChI is InChI=1S/C20H28N2O4S2/c1-14(13-23)10-11-26-16-8-6-15(7-9-16)12-20(28-5)19(25)21(2)18(27-4)17(24)22(20)3/h6-11,14,18,23H,12-13H2,1-5H3/b11-10-/t14?,18-,20-/m0/s1. The van der Waals surface area contributed by atoms with E-state index in [9.17, 15) is 9.59 Å². The average molecular weight is 425 g/mol. The van der Waals surface area contributed by atoms with E-state index in [-0.39, 0.29) is 24.3 Å². The lowest BCUT2D eigenvalue weighted by atomic mass is 10.0. The molecule has 0 spiro atoms. The molecule has 2 rings (SSSR count). The first kappa shape index (κ1) is 22.6. The number of carbonyl (C=O) groups is 2. The molecule has 3 atom stereocenters. The number of carbonyl (C=O) groups excluding carboxylic acids is 2. The molecule has 1 saturated heterocycles. The summed E-state index contributed by atoms with van der Waals surface area (Å²) in [6.07, 6.45) is 7.46. The summed E-state index contributed by atoms with van der Waals surface area (Å²) in [6.45, 7) is 1.96. The molecule has 8 heteroatoms. The van der Waals surface area contributed by atoms with Crippen molar-refractivity contribution >= 4 is 35.3 Å². The SMILES string of the molecule is CS[C@H]1C(=O)N(C)[C@@](Cc2ccc(O/C=C\C(C)CO)cc2)(SC)C(=O)N1C. The summed E-state index contributed by atoms with van der Waals surface area (Å²) >= 11 is 2.75. The van der Waals surface area contributed by atoms with E-state index < -0.39 is 10.2 Å². The first-order chi connectivity index (χ1) is 13.3. The number of likely N-dealkylation sites (N-methyl/N-ethyl adjacent to an activating group) is 2. The fourth-order valence-corrected chi connectivity index (χ4v) is 4.82. The van der Waals surface area contributed by atoms with Gasteiger partial charge in [0, 0.05) is 33.0 Å². The highest BCUT2D eigenvalue weighted by molar-refractivity contribution is 8.01. The number of aliphatic hydroxyl groups is 1. The molecule has 1 unspecified atom stereocenters. The van der Waals surface area contributed by atoms with E-state index >= 15 is 0 Å². The van der Waals surface area contributed by atoms with Crippen molar-refractivity contribution < 1.29 is 19.4 Å². The lowest BCUT2D eigenvalue weighted by Crippen LogP contribution is -2.68. The molecule has 154 valence electrons. The number of benzene rings is 1. The van der Waals surface area contributed by atoms with Crippen molar-refractivity contribution in [3.63, 3.8) is 0 Å². The monoisotopic (exact) mass is 424 g/mol. The van der Waals surface area contributed by atoms with Gasteiger partial charge in [0.25, 0.3) is 11.8 Å². The van der Waals surface area contributed by atoms with E-state index in [0.717, 1.165) is 5.56 Å². The van der Waals surface area contributed by atoms with E-state index in [0.29, 0.717) is 12.2 Å². The van der Waals surface area contributed by atoms with Crippen LogP contribution >= 0.6 is 23.5 Å². The number of aliphatic hydroxyl groups excluding tert-OH is 1. The molecule has 0 aliphatic carbocycles.